The number of ether oxygens (including phenoxy) is 2. The van der Waals surface area contributed by atoms with Crippen LogP contribution >= 0.6 is 0 Å². The van der Waals surface area contributed by atoms with Gasteiger partial charge in [-0.05, 0) is 44.9 Å². The molecule has 0 aliphatic carbocycles. The summed E-state index contributed by atoms with van der Waals surface area (Å²) in [5.41, 5.74) is 8.73. The molecule has 0 spiro atoms. The van der Waals surface area contributed by atoms with Gasteiger partial charge in [-0.15, -0.1) is 0 Å². The second-order valence-corrected chi connectivity index (χ2v) is 5.06. The molecule has 0 fully saturated rings. The highest BCUT2D eigenvalue weighted by atomic mass is 16.5. The van der Waals surface area contributed by atoms with Crippen LogP contribution in [0.5, 0.6) is 5.75 Å². The Hall–Kier alpha value is -1.22. The first-order chi connectivity index (χ1) is 7.85. The van der Waals surface area contributed by atoms with Crippen molar-refractivity contribution in [2.75, 3.05) is 19.5 Å². The Bertz CT molecular complexity index is 363. The molecule has 1 aromatic rings. The van der Waals surface area contributed by atoms with Crippen LogP contribution in [0.15, 0.2) is 12.1 Å². The van der Waals surface area contributed by atoms with Gasteiger partial charge in [0.15, 0.2) is 0 Å². The van der Waals surface area contributed by atoms with Gasteiger partial charge in [0, 0.05) is 13.5 Å². The first kappa shape index (κ1) is 13.8. The quantitative estimate of drug-likeness (QED) is 0.800. The fourth-order valence-electron chi connectivity index (χ4n) is 1.69. The van der Waals surface area contributed by atoms with Crippen LogP contribution in [0.25, 0.3) is 0 Å². The number of aryl methyl sites for hydroxylation is 2. The molecule has 0 aromatic heterocycles. The van der Waals surface area contributed by atoms with Gasteiger partial charge in [0.1, 0.15) is 5.75 Å². The molecule has 0 aliphatic rings. The maximum atomic E-state index is 5.95. The number of benzene rings is 1. The second kappa shape index (κ2) is 5.41. The number of hydrogen-bond acceptors (Lipinski definition) is 3. The second-order valence-electron chi connectivity index (χ2n) is 5.06. The zero-order valence-electron chi connectivity index (χ0n) is 11.5. The van der Waals surface area contributed by atoms with Crippen molar-refractivity contribution in [1.29, 1.82) is 0 Å². The Morgan fingerprint density at radius 2 is 1.88 bits per heavy atom. The van der Waals surface area contributed by atoms with Gasteiger partial charge in [-0.3, -0.25) is 0 Å². The molecular formula is C14H23NO2. The van der Waals surface area contributed by atoms with Gasteiger partial charge in [0.05, 0.1) is 17.9 Å². The Labute approximate surface area is 104 Å². The molecule has 0 unspecified atom stereocenters. The molecule has 0 aliphatic heterocycles. The maximum absolute atomic E-state index is 5.95. The van der Waals surface area contributed by atoms with Crippen molar-refractivity contribution in [3.05, 3.63) is 23.3 Å². The smallest absolute Gasteiger partial charge is 0.145 e. The van der Waals surface area contributed by atoms with E-state index in [4.69, 9.17) is 15.2 Å². The van der Waals surface area contributed by atoms with Crippen LogP contribution in [0, 0.1) is 13.8 Å². The Kier molecular flexibility index (Phi) is 4.40. The number of methoxy groups -OCH3 is 1. The van der Waals surface area contributed by atoms with E-state index in [1.165, 1.54) is 0 Å². The Balaban J connectivity index is 2.64. The summed E-state index contributed by atoms with van der Waals surface area (Å²) in [4.78, 5) is 0. The molecule has 0 radical (unpaired) electrons. The van der Waals surface area contributed by atoms with Gasteiger partial charge >= 0.3 is 0 Å². The van der Waals surface area contributed by atoms with Gasteiger partial charge < -0.3 is 15.2 Å². The van der Waals surface area contributed by atoms with E-state index in [9.17, 15) is 0 Å². The van der Waals surface area contributed by atoms with Crippen LogP contribution in [0.1, 0.15) is 31.4 Å². The fourth-order valence-corrected chi connectivity index (χ4v) is 1.69. The van der Waals surface area contributed by atoms with E-state index in [1.54, 1.807) is 7.11 Å². The largest absolute Gasteiger partial charge is 0.491 e. The molecule has 1 aromatic carbocycles. The molecule has 0 saturated carbocycles. The normalized spacial score (nSPS) is 11.6. The third-order valence-corrected chi connectivity index (χ3v) is 2.95. The number of anilines is 1. The van der Waals surface area contributed by atoms with E-state index in [2.05, 4.69) is 6.07 Å². The van der Waals surface area contributed by atoms with Crippen LogP contribution in [0.3, 0.4) is 0 Å². The van der Waals surface area contributed by atoms with E-state index in [0.29, 0.717) is 12.3 Å². The molecule has 0 saturated heterocycles. The molecule has 0 heterocycles. The third-order valence-electron chi connectivity index (χ3n) is 2.95. The van der Waals surface area contributed by atoms with Gasteiger partial charge in [-0.2, -0.15) is 0 Å². The standard InChI is InChI=1S/C14H23NO2/c1-10-8-11(2)13(12(15)9-10)17-7-6-14(3,4)16-5/h8-9H,6-7,15H2,1-5H3. The summed E-state index contributed by atoms with van der Waals surface area (Å²) in [6.45, 7) is 8.74. The highest BCUT2D eigenvalue weighted by Gasteiger charge is 2.16. The lowest BCUT2D eigenvalue weighted by atomic mass is 10.1. The number of nitrogen functional groups attached to an aromatic ring is 1. The predicted octanol–water partition coefficient (Wildman–Crippen LogP) is 3.08. The zero-order chi connectivity index (χ0) is 13.1. The summed E-state index contributed by atoms with van der Waals surface area (Å²) in [5, 5.41) is 0. The van der Waals surface area contributed by atoms with Crippen molar-refractivity contribution in [2.45, 2.75) is 39.7 Å². The van der Waals surface area contributed by atoms with Crippen molar-refractivity contribution in [3.63, 3.8) is 0 Å². The van der Waals surface area contributed by atoms with Crippen LogP contribution in [0.4, 0.5) is 5.69 Å². The topological polar surface area (TPSA) is 44.5 Å². The summed E-state index contributed by atoms with van der Waals surface area (Å²) in [7, 11) is 1.71. The minimum absolute atomic E-state index is 0.159. The van der Waals surface area contributed by atoms with Crippen LogP contribution < -0.4 is 10.5 Å². The summed E-state index contributed by atoms with van der Waals surface area (Å²) in [6.07, 6.45) is 0.830. The van der Waals surface area contributed by atoms with Crippen molar-refractivity contribution < 1.29 is 9.47 Å². The number of rotatable bonds is 5. The SMILES string of the molecule is COC(C)(C)CCOc1c(C)cc(C)cc1N. The van der Waals surface area contributed by atoms with E-state index < -0.39 is 0 Å². The molecule has 3 heteroatoms. The summed E-state index contributed by atoms with van der Waals surface area (Å²) in [6, 6.07) is 4.01. The lowest BCUT2D eigenvalue weighted by Crippen LogP contribution is -2.25. The predicted molar refractivity (Wildman–Crippen MR) is 71.5 cm³/mol. The van der Waals surface area contributed by atoms with E-state index in [-0.39, 0.29) is 5.60 Å². The lowest BCUT2D eigenvalue weighted by molar-refractivity contribution is 0.00545. The minimum atomic E-state index is -0.159. The molecular weight excluding hydrogens is 214 g/mol. The maximum Gasteiger partial charge on any atom is 0.145 e. The molecule has 2 N–H and O–H groups in total. The molecule has 0 atom stereocenters. The minimum Gasteiger partial charge on any atom is -0.491 e. The molecule has 0 amide bonds. The monoisotopic (exact) mass is 237 g/mol. The van der Waals surface area contributed by atoms with Crippen molar-refractivity contribution in [3.8, 4) is 5.75 Å². The molecule has 17 heavy (non-hydrogen) atoms. The van der Waals surface area contributed by atoms with Crippen LogP contribution in [0.2, 0.25) is 0 Å². The zero-order valence-corrected chi connectivity index (χ0v) is 11.5. The number of hydrogen-bond donors (Lipinski definition) is 1. The number of nitrogens with two attached hydrogens (primary N) is 1. The molecule has 96 valence electrons. The van der Waals surface area contributed by atoms with Crippen LogP contribution in [-0.4, -0.2) is 19.3 Å². The van der Waals surface area contributed by atoms with Crippen molar-refractivity contribution in [1.82, 2.24) is 0 Å². The molecule has 1 rings (SSSR count). The molecule has 0 bridgehead atoms. The van der Waals surface area contributed by atoms with Gasteiger partial charge in [-0.25, -0.2) is 0 Å². The van der Waals surface area contributed by atoms with Crippen molar-refractivity contribution >= 4 is 5.69 Å². The fraction of sp³-hybridized carbons (Fsp3) is 0.571. The van der Waals surface area contributed by atoms with Crippen LogP contribution in [-0.2, 0) is 4.74 Å². The summed E-state index contributed by atoms with van der Waals surface area (Å²) in [5.74, 6) is 0.794. The van der Waals surface area contributed by atoms with E-state index >= 15 is 0 Å². The van der Waals surface area contributed by atoms with Gasteiger partial charge in [0.25, 0.3) is 0 Å². The average molecular weight is 237 g/mol. The highest BCUT2D eigenvalue weighted by Crippen LogP contribution is 2.28. The van der Waals surface area contributed by atoms with E-state index in [0.717, 1.165) is 23.3 Å². The first-order valence-electron chi connectivity index (χ1n) is 5.90. The third kappa shape index (κ3) is 3.93. The Morgan fingerprint density at radius 1 is 1.24 bits per heavy atom. The summed E-state index contributed by atoms with van der Waals surface area (Å²) >= 11 is 0. The lowest BCUT2D eigenvalue weighted by Gasteiger charge is -2.23. The highest BCUT2D eigenvalue weighted by molar-refractivity contribution is 5.58. The summed E-state index contributed by atoms with van der Waals surface area (Å²) < 4.78 is 11.1. The molecule has 3 nitrogen and oxygen atoms in total. The van der Waals surface area contributed by atoms with Crippen molar-refractivity contribution in [2.24, 2.45) is 0 Å². The average Bonchev–Trinajstić information content (AvgIpc) is 2.22. The van der Waals surface area contributed by atoms with Gasteiger partial charge in [0.2, 0.25) is 0 Å². The van der Waals surface area contributed by atoms with E-state index in [1.807, 2.05) is 33.8 Å². The van der Waals surface area contributed by atoms with Gasteiger partial charge in [-0.1, -0.05) is 6.07 Å². The first-order valence-corrected chi connectivity index (χ1v) is 5.90. The Morgan fingerprint density at radius 3 is 2.41 bits per heavy atom.